The van der Waals surface area contributed by atoms with Gasteiger partial charge in [0, 0.05) is 11.6 Å². The number of nitrogens with zero attached hydrogens (tertiary/aromatic N) is 2. The van der Waals surface area contributed by atoms with E-state index in [9.17, 15) is 9.18 Å². The van der Waals surface area contributed by atoms with Gasteiger partial charge in [0.2, 0.25) is 0 Å². The van der Waals surface area contributed by atoms with Crippen molar-refractivity contribution in [2.45, 2.75) is 6.61 Å². The Labute approximate surface area is 114 Å². The van der Waals surface area contributed by atoms with E-state index in [2.05, 4.69) is 4.98 Å². The van der Waals surface area contributed by atoms with Crippen LogP contribution in [-0.4, -0.2) is 9.71 Å². The zero-order chi connectivity index (χ0) is 13.9. The molecule has 20 heavy (non-hydrogen) atoms. The van der Waals surface area contributed by atoms with Crippen molar-refractivity contribution in [3.8, 4) is 11.3 Å². The van der Waals surface area contributed by atoms with Crippen LogP contribution in [-0.2, 0) is 6.61 Å². The molecule has 1 aromatic carbocycles. The summed E-state index contributed by atoms with van der Waals surface area (Å²) in [5, 5.41) is 0. The van der Waals surface area contributed by atoms with Gasteiger partial charge < -0.3 is 4.84 Å². The van der Waals surface area contributed by atoms with Crippen LogP contribution in [0.2, 0.25) is 0 Å². The highest BCUT2D eigenvalue weighted by Gasteiger charge is 2.04. The van der Waals surface area contributed by atoms with Gasteiger partial charge in [-0.25, -0.2) is 9.37 Å². The molecule has 1 aliphatic heterocycles. The predicted octanol–water partition coefficient (Wildman–Crippen LogP) is 2.12. The molecule has 1 aromatic rings. The molecule has 0 unspecified atom stereocenters. The van der Waals surface area contributed by atoms with Crippen LogP contribution in [0, 0.1) is 5.82 Å². The summed E-state index contributed by atoms with van der Waals surface area (Å²) >= 11 is 0. The van der Waals surface area contributed by atoms with Crippen LogP contribution in [0.5, 0.6) is 0 Å². The third kappa shape index (κ3) is 2.66. The average molecular weight is 270 g/mol. The van der Waals surface area contributed by atoms with E-state index in [1.54, 1.807) is 24.4 Å². The first-order chi connectivity index (χ1) is 9.70. The van der Waals surface area contributed by atoms with Crippen LogP contribution in [0.1, 0.15) is 5.56 Å². The van der Waals surface area contributed by atoms with Crippen molar-refractivity contribution in [1.82, 2.24) is 9.71 Å². The van der Waals surface area contributed by atoms with E-state index in [0.29, 0.717) is 12.3 Å². The molecule has 0 bridgehead atoms. The Hall–Kier alpha value is -2.69. The second-order valence-electron chi connectivity index (χ2n) is 4.35. The van der Waals surface area contributed by atoms with Crippen LogP contribution in [0.3, 0.4) is 0 Å². The van der Waals surface area contributed by atoms with E-state index in [1.165, 1.54) is 35.3 Å². The lowest BCUT2D eigenvalue weighted by Crippen LogP contribution is -2.13. The summed E-state index contributed by atoms with van der Waals surface area (Å²) in [6.45, 7) is 0.303. The monoisotopic (exact) mass is 270 g/mol. The number of hydrogen-bond donors (Lipinski definition) is 0. The molecule has 1 aliphatic carbocycles. The molecule has 4 nitrogen and oxygen atoms in total. The molecule has 0 N–H and O–H groups in total. The van der Waals surface area contributed by atoms with Crippen LogP contribution in [0.25, 0.3) is 11.3 Å². The second kappa shape index (κ2) is 5.13. The van der Waals surface area contributed by atoms with E-state index in [1.807, 2.05) is 0 Å². The molecule has 0 radical (unpaired) electrons. The number of fused-ring (bicyclic) bond motifs is 1. The van der Waals surface area contributed by atoms with Gasteiger partial charge in [-0.2, -0.15) is 4.73 Å². The molecular formula is C15H11FN2O2. The van der Waals surface area contributed by atoms with Crippen molar-refractivity contribution < 1.29 is 9.23 Å². The highest BCUT2D eigenvalue weighted by atomic mass is 19.1. The van der Waals surface area contributed by atoms with Gasteiger partial charge in [-0.1, -0.05) is 12.1 Å². The maximum atomic E-state index is 12.8. The standard InChI is InChI=1S/C15H11FN2O2/c16-13-4-1-11(2-5-13)9-20-18-8-12-3-6-14(19)7-15(12)17-10-18/h1-8,10H,9H2. The highest BCUT2D eigenvalue weighted by molar-refractivity contribution is 5.58. The van der Waals surface area contributed by atoms with Gasteiger partial charge in [-0.15, -0.1) is 0 Å². The lowest BCUT2D eigenvalue weighted by molar-refractivity contribution is 0.0937. The first-order valence-corrected chi connectivity index (χ1v) is 6.06. The molecule has 1 heterocycles. The summed E-state index contributed by atoms with van der Waals surface area (Å²) in [5.41, 5.74) is 2.22. The molecule has 0 amide bonds. The van der Waals surface area contributed by atoms with Crippen molar-refractivity contribution in [1.29, 1.82) is 0 Å². The molecule has 0 spiro atoms. The zero-order valence-corrected chi connectivity index (χ0v) is 10.5. The lowest BCUT2D eigenvalue weighted by Gasteiger charge is -2.11. The maximum Gasteiger partial charge on any atom is 0.180 e. The fraction of sp³-hybridized carbons (Fsp3) is 0.0667. The van der Waals surface area contributed by atoms with E-state index in [4.69, 9.17) is 4.84 Å². The van der Waals surface area contributed by atoms with Gasteiger partial charge in [-0.05, 0) is 29.8 Å². The Morgan fingerprint density at radius 2 is 1.95 bits per heavy atom. The van der Waals surface area contributed by atoms with Crippen molar-refractivity contribution in [2.24, 2.45) is 0 Å². The van der Waals surface area contributed by atoms with E-state index in [-0.39, 0.29) is 11.2 Å². The molecule has 2 aliphatic rings. The van der Waals surface area contributed by atoms with Crippen molar-refractivity contribution >= 4 is 0 Å². The van der Waals surface area contributed by atoms with Crippen LogP contribution >= 0.6 is 0 Å². The minimum absolute atomic E-state index is 0.0741. The van der Waals surface area contributed by atoms with Crippen molar-refractivity contribution in [3.05, 3.63) is 76.6 Å². The molecular weight excluding hydrogens is 259 g/mol. The summed E-state index contributed by atoms with van der Waals surface area (Å²) in [4.78, 5) is 20.9. The SMILES string of the molecule is O=c1ccc2cn(OCc3ccc(F)cc3)cnc-2c1. The molecule has 3 rings (SSSR count). The fourth-order valence-electron chi connectivity index (χ4n) is 1.83. The van der Waals surface area contributed by atoms with Crippen LogP contribution in [0.15, 0.2) is 59.8 Å². The molecule has 0 saturated heterocycles. The quantitative estimate of drug-likeness (QED) is 0.732. The first kappa shape index (κ1) is 12.3. The number of benzene rings is 2. The van der Waals surface area contributed by atoms with E-state index in [0.717, 1.165) is 11.1 Å². The van der Waals surface area contributed by atoms with Gasteiger partial charge >= 0.3 is 0 Å². The topological polar surface area (TPSA) is 44.1 Å². The Kier molecular flexibility index (Phi) is 3.16. The van der Waals surface area contributed by atoms with Crippen molar-refractivity contribution in [2.75, 3.05) is 0 Å². The van der Waals surface area contributed by atoms with Gasteiger partial charge in [0.15, 0.2) is 5.43 Å². The first-order valence-electron chi connectivity index (χ1n) is 6.06. The zero-order valence-electron chi connectivity index (χ0n) is 10.5. The lowest BCUT2D eigenvalue weighted by atomic mass is 10.1. The van der Waals surface area contributed by atoms with Gasteiger partial charge in [0.25, 0.3) is 0 Å². The average Bonchev–Trinajstić information content (AvgIpc) is 2.46. The second-order valence-corrected chi connectivity index (χ2v) is 4.35. The van der Waals surface area contributed by atoms with Crippen molar-refractivity contribution in [3.63, 3.8) is 0 Å². The third-order valence-corrected chi connectivity index (χ3v) is 2.87. The van der Waals surface area contributed by atoms with Gasteiger partial charge in [0.05, 0.1) is 11.9 Å². The molecule has 0 atom stereocenters. The Morgan fingerprint density at radius 3 is 2.75 bits per heavy atom. The molecule has 5 heteroatoms. The highest BCUT2D eigenvalue weighted by Crippen LogP contribution is 2.14. The smallest absolute Gasteiger partial charge is 0.180 e. The summed E-state index contributed by atoms with van der Waals surface area (Å²) < 4.78 is 14.2. The summed E-state index contributed by atoms with van der Waals surface area (Å²) in [6, 6.07) is 10.7. The molecule has 100 valence electrons. The Balaban J connectivity index is 1.78. The Morgan fingerprint density at radius 1 is 1.15 bits per heavy atom. The number of halogens is 1. The summed E-state index contributed by atoms with van der Waals surface area (Å²) in [6.07, 6.45) is 3.23. The van der Waals surface area contributed by atoms with Gasteiger partial charge in [-0.3, -0.25) is 4.79 Å². The molecule has 0 aromatic heterocycles. The van der Waals surface area contributed by atoms with E-state index < -0.39 is 0 Å². The third-order valence-electron chi connectivity index (χ3n) is 2.87. The summed E-state index contributed by atoms with van der Waals surface area (Å²) in [5.74, 6) is -0.276. The van der Waals surface area contributed by atoms with Gasteiger partial charge in [0.1, 0.15) is 18.8 Å². The summed E-state index contributed by atoms with van der Waals surface area (Å²) in [7, 11) is 0. The number of aromatic nitrogens is 2. The predicted molar refractivity (Wildman–Crippen MR) is 71.8 cm³/mol. The maximum absolute atomic E-state index is 12.8. The fourth-order valence-corrected chi connectivity index (χ4v) is 1.83. The van der Waals surface area contributed by atoms with Crippen LogP contribution < -0.4 is 10.3 Å². The number of hydrogen-bond acceptors (Lipinski definition) is 3. The van der Waals surface area contributed by atoms with Crippen LogP contribution in [0.4, 0.5) is 4.39 Å². The Bertz CT molecular complexity index is 753. The minimum Gasteiger partial charge on any atom is -0.408 e. The normalized spacial score (nSPS) is 10.7. The minimum atomic E-state index is -0.276. The number of rotatable bonds is 3. The largest absolute Gasteiger partial charge is 0.408 e. The van der Waals surface area contributed by atoms with E-state index >= 15 is 0 Å². The molecule has 0 saturated carbocycles. The molecule has 0 fully saturated rings.